The van der Waals surface area contributed by atoms with Gasteiger partial charge in [0.05, 0.1) is 13.7 Å². The lowest BCUT2D eigenvalue weighted by atomic mass is 9.97. The minimum Gasteiger partial charge on any atom is -0.493 e. The monoisotopic (exact) mass is 365 g/mol. The molecular weight excluding hydrogens is 334 g/mol. The molecule has 1 N–H and O–H groups in total. The summed E-state index contributed by atoms with van der Waals surface area (Å²) in [6, 6.07) is 16.6. The molecule has 3 heteroatoms. The molecule has 3 rings (SSSR count). The number of benzene rings is 2. The Morgan fingerprint density at radius 2 is 1.81 bits per heavy atom. The van der Waals surface area contributed by atoms with Gasteiger partial charge in [0.15, 0.2) is 11.5 Å². The van der Waals surface area contributed by atoms with Gasteiger partial charge in [-0.3, -0.25) is 0 Å². The second-order valence-electron chi connectivity index (χ2n) is 7.10. The molecule has 3 nitrogen and oxygen atoms in total. The quantitative estimate of drug-likeness (QED) is 0.458. The summed E-state index contributed by atoms with van der Waals surface area (Å²) in [6.07, 6.45) is 9.74. The van der Waals surface area contributed by atoms with E-state index in [0.29, 0.717) is 6.61 Å². The number of hydrogen-bond acceptors (Lipinski definition) is 3. The summed E-state index contributed by atoms with van der Waals surface area (Å²) in [5.74, 6) is 1.61. The Balaban J connectivity index is 1.44. The summed E-state index contributed by atoms with van der Waals surface area (Å²) in [4.78, 5) is 0. The first-order valence-electron chi connectivity index (χ1n) is 10.1. The lowest BCUT2D eigenvalue weighted by molar-refractivity contribution is 0.297. The highest BCUT2D eigenvalue weighted by atomic mass is 16.5. The number of ether oxygens (including phenoxy) is 2. The molecule has 0 aromatic heterocycles. The maximum absolute atomic E-state index is 5.94. The molecule has 0 aliphatic heterocycles. The summed E-state index contributed by atoms with van der Waals surface area (Å²) in [6.45, 7) is 2.53. The van der Waals surface area contributed by atoms with Crippen LogP contribution in [0.3, 0.4) is 0 Å². The van der Waals surface area contributed by atoms with Crippen molar-refractivity contribution in [2.75, 3.05) is 20.3 Å². The van der Waals surface area contributed by atoms with Crippen LogP contribution in [0.1, 0.15) is 43.2 Å². The van der Waals surface area contributed by atoms with E-state index in [-0.39, 0.29) is 0 Å². The zero-order valence-electron chi connectivity index (χ0n) is 16.4. The molecule has 1 aliphatic rings. The van der Waals surface area contributed by atoms with Gasteiger partial charge in [0.25, 0.3) is 0 Å². The summed E-state index contributed by atoms with van der Waals surface area (Å²) in [5.41, 5.74) is 4.12. The van der Waals surface area contributed by atoms with Crippen molar-refractivity contribution < 1.29 is 9.47 Å². The maximum atomic E-state index is 5.94. The molecular formula is C24H31NO2. The minimum absolute atomic E-state index is 0.646. The van der Waals surface area contributed by atoms with E-state index in [2.05, 4.69) is 47.8 Å². The van der Waals surface area contributed by atoms with Crippen molar-refractivity contribution >= 4 is 0 Å². The highest BCUT2D eigenvalue weighted by molar-refractivity contribution is 5.43. The van der Waals surface area contributed by atoms with Crippen LogP contribution in [0.5, 0.6) is 11.5 Å². The van der Waals surface area contributed by atoms with Crippen molar-refractivity contribution in [3.05, 3.63) is 71.3 Å². The van der Waals surface area contributed by atoms with E-state index in [4.69, 9.17) is 9.47 Å². The summed E-state index contributed by atoms with van der Waals surface area (Å²) >= 11 is 0. The number of allylic oxidation sites excluding steroid dienone is 1. The van der Waals surface area contributed by atoms with Crippen molar-refractivity contribution in [3.63, 3.8) is 0 Å². The number of rotatable bonds is 10. The number of nitrogens with one attached hydrogen (secondary N) is 1. The molecule has 2 aromatic rings. The molecule has 0 bridgehead atoms. The van der Waals surface area contributed by atoms with E-state index in [1.807, 2.05) is 12.1 Å². The minimum atomic E-state index is 0.646. The third-order valence-electron chi connectivity index (χ3n) is 5.06. The van der Waals surface area contributed by atoms with Gasteiger partial charge in [-0.1, -0.05) is 48.0 Å². The lowest BCUT2D eigenvalue weighted by Crippen LogP contribution is -2.15. The summed E-state index contributed by atoms with van der Waals surface area (Å²) in [5, 5.41) is 3.55. The van der Waals surface area contributed by atoms with Gasteiger partial charge >= 0.3 is 0 Å². The zero-order valence-corrected chi connectivity index (χ0v) is 16.4. The van der Waals surface area contributed by atoms with Crippen molar-refractivity contribution in [3.8, 4) is 11.5 Å². The average Bonchev–Trinajstić information content (AvgIpc) is 2.73. The smallest absolute Gasteiger partial charge is 0.161 e. The molecule has 1 aliphatic carbocycles. The van der Waals surface area contributed by atoms with Gasteiger partial charge < -0.3 is 14.8 Å². The second-order valence-corrected chi connectivity index (χ2v) is 7.10. The van der Waals surface area contributed by atoms with Crippen LogP contribution in [-0.4, -0.2) is 20.3 Å². The first-order chi connectivity index (χ1) is 13.3. The van der Waals surface area contributed by atoms with Crippen LogP contribution in [0.4, 0.5) is 0 Å². The SMILES string of the molecule is COc1cc(CNCCC2=CCCCC2)ccc1OCCc1ccccc1. The van der Waals surface area contributed by atoms with Crippen LogP contribution in [0, 0.1) is 0 Å². The van der Waals surface area contributed by atoms with Gasteiger partial charge in [-0.05, 0) is 61.9 Å². The third kappa shape index (κ3) is 6.44. The van der Waals surface area contributed by atoms with E-state index >= 15 is 0 Å². The molecule has 0 saturated carbocycles. The van der Waals surface area contributed by atoms with Crippen molar-refractivity contribution in [2.45, 2.75) is 45.1 Å². The van der Waals surface area contributed by atoms with Crippen molar-refractivity contribution in [2.24, 2.45) is 0 Å². The topological polar surface area (TPSA) is 30.5 Å². The second kappa shape index (κ2) is 10.8. The van der Waals surface area contributed by atoms with Gasteiger partial charge in [-0.2, -0.15) is 0 Å². The van der Waals surface area contributed by atoms with Crippen molar-refractivity contribution in [1.82, 2.24) is 5.32 Å². The predicted molar refractivity (Wildman–Crippen MR) is 112 cm³/mol. The summed E-state index contributed by atoms with van der Waals surface area (Å²) in [7, 11) is 1.70. The largest absolute Gasteiger partial charge is 0.493 e. The lowest BCUT2D eigenvalue weighted by Gasteiger charge is -2.14. The molecule has 0 heterocycles. The van der Waals surface area contributed by atoms with Crippen LogP contribution in [0.2, 0.25) is 0 Å². The van der Waals surface area contributed by atoms with Crippen LogP contribution in [-0.2, 0) is 13.0 Å². The Kier molecular flexibility index (Phi) is 7.79. The van der Waals surface area contributed by atoms with Crippen LogP contribution in [0.25, 0.3) is 0 Å². The Hall–Kier alpha value is -2.26. The van der Waals surface area contributed by atoms with Gasteiger partial charge in [0, 0.05) is 13.0 Å². The average molecular weight is 366 g/mol. The molecule has 144 valence electrons. The Morgan fingerprint density at radius 1 is 0.926 bits per heavy atom. The fourth-order valence-corrected chi connectivity index (χ4v) is 3.48. The normalized spacial score (nSPS) is 13.9. The van der Waals surface area contributed by atoms with Gasteiger partial charge in [-0.15, -0.1) is 0 Å². The standard InChI is InChI=1S/C24H31NO2/c1-26-24-18-22(19-25-16-14-20-8-4-2-5-9-20)12-13-23(24)27-17-15-21-10-6-3-7-11-21/h3,6-8,10-13,18,25H,2,4-5,9,14-17,19H2,1H3. The molecule has 0 fully saturated rings. The highest BCUT2D eigenvalue weighted by Crippen LogP contribution is 2.28. The zero-order chi connectivity index (χ0) is 18.7. The molecule has 2 aromatic carbocycles. The fourth-order valence-electron chi connectivity index (χ4n) is 3.48. The van der Waals surface area contributed by atoms with E-state index in [9.17, 15) is 0 Å². The van der Waals surface area contributed by atoms with Crippen LogP contribution in [0.15, 0.2) is 60.2 Å². The molecule has 0 amide bonds. The number of methoxy groups -OCH3 is 1. The number of hydrogen-bond donors (Lipinski definition) is 1. The molecule has 0 radical (unpaired) electrons. The molecule has 0 spiro atoms. The highest BCUT2D eigenvalue weighted by Gasteiger charge is 2.07. The maximum Gasteiger partial charge on any atom is 0.161 e. The van der Waals surface area contributed by atoms with Crippen molar-refractivity contribution in [1.29, 1.82) is 0 Å². The van der Waals surface area contributed by atoms with Gasteiger partial charge in [0.2, 0.25) is 0 Å². The molecule has 27 heavy (non-hydrogen) atoms. The molecule has 0 saturated heterocycles. The van der Waals surface area contributed by atoms with Crippen LogP contribution >= 0.6 is 0 Å². The first-order valence-corrected chi connectivity index (χ1v) is 10.1. The van der Waals surface area contributed by atoms with E-state index in [1.165, 1.54) is 36.8 Å². The Morgan fingerprint density at radius 3 is 2.59 bits per heavy atom. The predicted octanol–water partition coefficient (Wildman–Crippen LogP) is 5.30. The Bertz CT molecular complexity index is 724. The van der Waals surface area contributed by atoms with E-state index in [1.54, 1.807) is 12.7 Å². The Labute approximate surface area is 163 Å². The van der Waals surface area contributed by atoms with Crippen LogP contribution < -0.4 is 14.8 Å². The molecule has 0 atom stereocenters. The van der Waals surface area contributed by atoms with Gasteiger partial charge in [0.1, 0.15) is 0 Å². The van der Waals surface area contributed by atoms with E-state index in [0.717, 1.165) is 37.4 Å². The first kappa shape index (κ1) is 19.5. The fraction of sp³-hybridized carbons (Fsp3) is 0.417. The molecule has 0 unspecified atom stereocenters. The van der Waals surface area contributed by atoms with Gasteiger partial charge in [-0.25, -0.2) is 0 Å². The van der Waals surface area contributed by atoms with E-state index < -0.39 is 0 Å². The third-order valence-corrected chi connectivity index (χ3v) is 5.06. The summed E-state index contributed by atoms with van der Waals surface area (Å²) < 4.78 is 11.5.